The Morgan fingerprint density at radius 3 is 1.90 bits per heavy atom. The summed E-state index contributed by atoms with van der Waals surface area (Å²) < 4.78 is 76.0. The van der Waals surface area contributed by atoms with Crippen molar-refractivity contribution < 1.29 is 35.9 Å². The van der Waals surface area contributed by atoms with Crippen molar-refractivity contribution in [2.75, 3.05) is 0 Å². The number of halogens is 6. The quantitative estimate of drug-likeness (QED) is 0.450. The standard InChI is InChI=1S/C13H12F6O2/c1-2-3-4-5-6-7-8-9-10(20)21-11(12(14,15)16)13(17,18)19/h11H,2-3,8-9H2,1H3. The van der Waals surface area contributed by atoms with E-state index in [0.29, 0.717) is 6.42 Å². The molecule has 0 aliphatic rings. The molecule has 0 aromatic rings. The lowest BCUT2D eigenvalue weighted by Crippen LogP contribution is -2.45. The molecule has 2 nitrogen and oxygen atoms in total. The summed E-state index contributed by atoms with van der Waals surface area (Å²) >= 11 is 0. The van der Waals surface area contributed by atoms with Gasteiger partial charge in [-0.25, -0.2) is 0 Å². The highest BCUT2D eigenvalue weighted by Crippen LogP contribution is 2.35. The van der Waals surface area contributed by atoms with Crippen LogP contribution in [0.4, 0.5) is 26.3 Å². The van der Waals surface area contributed by atoms with Gasteiger partial charge in [0.25, 0.3) is 6.10 Å². The predicted octanol–water partition coefficient (Wildman–Crippen LogP) is 3.61. The molecule has 0 aromatic heterocycles. The molecule has 0 saturated carbocycles. The Balaban J connectivity index is 4.39. The molecular formula is C13H12F6O2. The monoisotopic (exact) mass is 314 g/mol. The van der Waals surface area contributed by atoms with Crippen LogP contribution in [-0.4, -0.2) is 24.4 Å². The number of hydrogen-bond acceptors (Lipinski definition) is 2. The minimum absolute atomic E-state index is 0.234. The van der Waals surface area contributed by atoms with Crippen molar-refractivity contribution >= 4 is 5.97 Å². The molecule has 21 heavy (non-hydrogen) atoms. The highest BCUT2D eigenvalue weighted by molar-refractivity contribution is 5.70. The summed E-state index contributed by atoms with van der Waals surface area (Å²) in [5, 5.41) is 0. The Hall–Kier alpha value is -1.83. The van der Waals surface area contributed by atoms with E-state index >= 15 is 0 Å². The molecule has 0 fully saturated rings. The number of unbranched alkanes of at least 4 members (excludes halogenated alkanes) is 1. The van der Waals surface area contributed by atoms with Gasteiger partial charge in [0.05, 0.1) is 6.42 Å². The molecule has 8 heteroatoms. The molecule has 118 valence electrons. The van der Waals surface area contributed by atoms with Crippen LogP contribution in [0.2, 0.25) is 0 Å². The van der Waals surface area contributed by atoms with Crippen LogP contribution < -0.4 is 0 Å². The van der Waals surface area contributed by atoms with Crippen LogP contribution in [0.3, 0.4) is 0 Å². The molecule has 0 bridgehead atoms. The lowest BCUT2D eigenvalue weighted by molar-refractivity contribution is -0.313. The largest absolute Gasteiger partial charge is 0.443 e. The average molecular weight is 314 g/mol. The fourth-order valence-corrected chi connectivity index (χ4v) is 1.01. The molecule has 0 radical (unpaired) electrons. The fourth-order valence-electron chi connectivity index (χ4n) is 1.01. The van der Waals surface area contributed by atoms with Gasteiger partial charge in [-0.15, -0.1) is 0 Å². The zero-order valence-electron chi connectivity index (χ0n) is 11.0. The van der Waals surface area contributed by atoms with Crippen LogP contribution in [0.15, 0.2) is 0 Å². The maximum absolute atomic E-state index is 12.1. The van der Waals surface area contributed by atoms with Gasteiger partial charge >= 0.3 is 18.3 Å². The van der Waals surface area contributed by atoms with Crippen molar-refractivity contribution in [3.8, 4) is 23.7 Å². The Kier molecular flexibility index (Phi) is 7.72. The fraction of sp³-hybridized carbons (Fsp3) is 0.615. The first kappa shape index (κ1) is 19.2. The maximum Gasteiger partial charge on any atom is 0.434 e. The van der Waals surface area contributed by atoms with Crippen molar-refractivity contribution in [1.29, 1.82) is 0 Å². The van der Waals surface area contributed by atoms with Gasteiger partial charge in [-0.05, 0) is 18.3 Å². The van der Waals surface area contributed by atoms with E-state index in [-0.39, 0.29) is 6.42 Å². The number of carbonyl (C=O) groups is 1. The van der Waals surface area contributed by atoms with E-state index in [4.69, 9.17) is 0 Å². The van der Waals surface area contributed by atoms with E-state index in [1.54, 1.807) is 0 Å². The second kappa shape index (κ2) is 8.46. The number of alkyl halides is 6. The first-order chi connectivity index (χ1) is 9.59. The SMILES string of the molecule is CCCC#CC#CCCC(=O)OC(C(F)(F)F)C(F)(F)F. The van der Waals surface area contributed by atoms with Crippen molar-refractivity contribution in [3.05, 3.63) is 0 Å². The van der Waals surface area contributed by atoms with Gasteiger partial charge in [-0.3, -0.25) is 4.79 Å². The van der Waals surface area contributed by atoms with Crippen LogP contribution in [0, 0.1) is 23.7 Å². The van der Waals surface area contributed by atoms with Crippen LogP contribution >= 0.6 is 0 Å². The molecular weight excluding hydrogens is 302 g/mol. The molecule has 0 unspecified atom stereocenters. The van der Waals surface area contributed by atoms with Crippen molar-refractivity contribution in [1.82, 2.24) is 0 Å². The predicted molar refractivity (Wildman–Crippen MR) is 61.7 cm³/mol. The minimum atomic E-state index is -5.70. The molecule has 0 aliphatic carbocycles. The van der Waals surface area contributed by atoms with Crippen LogP contribution in [0.25, 0.3) is 0 Å². The topological polar surface area (TPSA) is 26.3 Å². The molecule has 0 atom stereocenters. The third-order valence-corrected chi connectivity index (χ3v) is 1.91. The Labute approximate surface area is 117 Å². The van der Waals surface area contributed by atoms with Gasteiger partial charge in [0.15, 0.2) is 0 Å². The Morgan fingerprint density at radius 1 is 1.00 bits per heavy atom. The van der Waals surface area contributed by atoms with E-state index in [9.17, 15) is 31.1 Å². The van der Waals surface area contributed by atoms with Gasteiger partial charge in [0.2, 0.25) is 0 Å². The first-order valence-corrected chi connectivity index (χ1v) is 5.87. The number of ether oxygens (including phenoxy) is 1. The summed E-state index contributed by atoms with van der Waals surface area (Å²) in [6.45, 7) is 1.90. The highest BCUT2D eigenvalue weighted by Gasteiger charge is 2.59. The zero-order valence-corrected chi connectivity index (χ0v) is 11.0. The number of esters is 1. The summed E-state index contributed by atoms with van der Waals surface area (Å²) in [4.78, 5) is 11.0. The Bertz CT molecular complexity index is 442. The zero-order chi connectivity index (χ0) is 16.5. The lowest BCUT2D eigenvalue weighted by atomic mass is 10.3. The molecule has 0 aliphatic heterocycles. The Morgan fingerprint density at radius 2 is 1.48 bits per heavy atom. The van der Waals surface area contributed by atoms with E-state index in [2.05, 4.69) is 28.4 Å². The highest BCUT2D eigenvalue weighted by atomic mass is 19.4. The molecule has 0 aromatic carbocycles. The molecule has 0 N–H and O–H groups in total. The second-order valence-electron chi connectivity index (χ2n) is 3.81. The summed E-state index contributed by atoms with van der Waals surface area (Å²) in [7, 11) is 0. The third-order valence-electron chi connectivity index (χ3n) is 1.91. The van der Waals surface area contributed by atoms with Gasteiger partial charge in [0, 0.05) is 12.8 Å². The minimum Gasteiger partial charge on any atom is -0.443 e. The number of hydrogen-bond donors (Lipinski definition) is 0. The summed E-state index contributed by atoms with van der Waals surface area (Å²) in [6.07, 6.45) is -15.0. The van der Waals surface area contributed by atoms with E-state index in [0.717, 1.165) is 6.42 Å². The smallest absolute Gasteiger partial charge is 0.434 e. The normalized spacial score (nSPS) is 11.2. The van der Waals surface area contributed by atoms with Gasteiger partial charge in [-0.1, -0.05) is 18.8 Å². The van der Waals surface area contributed by atoms with Gasteiger partial charge in [0.1, 0.15) is 0 Å². The summed E-state index contributed by atoms with van der Waals surface area (Å²) in [6, 6.07) is 0. The van der Waals surface area contributed by atoms with E-state index < -0.39 is 30.8 Å². The third kappa shape index (κ3) is 8.85. The van der Waals surface area contributed by atoms with Crippen molar-refractivity contribution in [2.45, 2.75) is 51.1 Å². The molecule has 0 heterocycles. The van der Waals surface area contributed by atoms with E-state index in [1.807, 2.05) is 6.92 Å². The van der Waals surface area contributed by atoms with Gasteiger partial charge < -0.3 is 4.74 Å². The lowest BCUT2D eigenvalue weighted by Gasteiger charge is -2.22. The van der Waals surface area contributed by atoms with E-state index in [1.165, 1.54) is 0 Å². The number of carbonyl (C=O) groups excluding carboxylic acids is 1. The van der Waals surface area contributed by atoms with Crippen molar-refractivity contribution in [2.24, 2.45) is 0 Å². The molecule has 0 amide bonds. The average Bonchev–Trinajstić information content (AvgIpc) is 2.32. The molecule has 0 spiro atoms. The summed E-state index contributed by atoms with van der Waals surface area (Å²) in [5.74, 6) is 8.13. The molecule has 0 rings (SSSR count). The first-order valence-electron chi connectivity index (χ1n) is 5.87. The van der Waals surface area contributed by atoms with Crippen molar-refractivity contribution in [3.63, 3.8) is 0 Å². The van der Waals surface area contributed by atoms with Gasteiger partial charge in [-0.2, -0.15) is 26.3 Å². The number of rotatable bonds is 4. The van der Waals surface area contributed by atoms with Crippen LogP contribution in [0.5, 0.6) is 0 Å². The molecule has 0 saturated heterocycles. The summed E-state index contributed by atoms with van der Waals surface area (Å²) in [5.41, 5.74) is 0. The maximum atomic E-state index is 12.1. The van der Waals surface area contributed by atoms with Crippen LogP contribution in [0.1, 0.15) is 32.6 Å². The van der Waals surface area contributed by atoms with Crippen LogP contribution in [-0.2, 0) is 9.53 Å². The second-order valence-corrected chi connectivity index (χ2v) is 3.81.